The number of nitrogens with one attached hydrogen (secondary N) is 1. The molecule has 1 aliphatic heterocycles. The topological polar surface area (TPSA) is 35.4 Å². The van der Waals surface area contributed by atoms with Gasteiger partial charge in [-0.15, -0.1) is 0 Å². The van der Waals surface area contributed by atoms with Gasteiger partial charge in [0.2, 0.25) is 6.79 Å². The predicted molar refractivity (Wildman–Crippen MR) is 80.6 cm³/mol. The molecule has 0 unspecified atom stereocenters. The second-order valence-electron chi connectivity index (χ2n) is 5.70. The summed E-state index contributed by atoms with van der Waals surface area (Å²) in [6, 6.07) is 4.73. The van der Waals surface area contributed by atoms with Crippen LogP contribution in [-0.2, 0) is 13.5 Å². The third-order valence-electron chi connectivity index (χ3n) is 4.04. The van der Waals surface area contributed by atoms with Crippen molar-refractivity contribution >= 4 is 10.9 Å². The van der Waals surface area contributed by atoms with E-state index in [4.69, 9.17) is 9.47 Å². The van der Waals surface area contributed by atoms with Gasteiger partial charge in [0.15, 0.2) is 11.5 Å². The van der Waals surface area contributed by atoms with Crippen LogP contribution in [0.1, 0.15) is 25.1 Å². The Balaban J connectivity index is 2.00. The van der Waals surface area contributed by atoms with Crippen LogP contribution in [0.15, 0.2) is 12.1 Å². The standard InChI is InChI=1S/C16H22N2O2/c1-10(2)17-6-5-12-11(3)18(4)14-8-16-15(7-13(12)14)19-9-20-16/h7-8,10,17H,5-6,9H2,1-4H3. The molecule has 0 fully saturated rings. The normalized spacial score (nSPS) is 13.7. The van der Waals surface area contributed by atoms with Crippen molar-refractivity contribution in [3.8, 4) is 11.5 Å². The van der Waals surface area contributed by atoms with E-state index >= 15 is 0 Å². The molecule has 0 saturated carbocycles. The van der Waals surface area contributed by atoms with Crippen LogP contribution >= 0.6 is 0 Å². The lowest BCUT2D eigenvalue weighted by Crippen LogP contribution is -2.25. The van der Waals surface area contributed by atoms with Gasteiger partial charge in [-0.3, -0.25) is 0 Å². The van der Waals surface area contributed by atoms with Crippen LogP contribution < -0.4 is 14.8 Å². The quantitative estimate of drug-likeness (QED) is 0.931. The molecule has 0 bridgehead atoms. The number of benzene rings is 1. The Labute approximate surface area is 119 Å². The van der Waals surface area contributed by atoms with E-state index < -0.39 is 0 Å². The van der Waals surface area contributed by atoms with Crippen molar-refractivity contribution < 1.29 is 9.47 Å². The molecule has 0 amide bonds. The first kappa shape index (κ1) is 13.3. The molecule has 0 spiro atoms. The van der Waals surface area contributed by atoms with Gasteiger partial charge in [0.1, 0.15) is 0 Å². The Bertz CT molecular complexity index is 644. The zero-order valence-corrected chi connectivity index (χ0v) is 12.6. The maximum atomic E-state index is 5.51. The number of ether oxygens (including phenoxy) is 2. The van der Waals surface area contributed by atoms with Gasteiger partial charge in [0.05, 0.1) is 5.52 Å². The third kappa shape index (κ3) is 2.14. The molecule has 2 heterocycles. The first-order chi connectivity index (χ1) is 9.58. The zero-order valence-electron chi connectivity index (χ0n) is 12.6. The summed E-state index contributed by atoms with van der Waals surface area (Å²) in [4.78, 5) is 0. The summed E-state index contributed by atoms with van der Waals surface area (Å²) in [6.07, 6.45) is 1.03. The first-order valence-electron chi connectivity index (χ1n) is 7.19. The van der Waals surface area contributed by atoms with E-state index in [1.165, 1.54) is 22.2 Å². The molecule has 3 rings (SSSR count). The molecule has 0 saturated heterocycles. The fourth-order valence-corrected chi connectivity index (χ4v) is 2.83. The second-order valence-corrected chi connectivity index (χ2v) is 5.70. The smallest absolute Gasteiger partial charge is 0.231 e. The van der Waals surface area contributed by atoms with Crippen molar-refractivity contribution in [2.24, 2.45) is 7.05 Å². The molecule has 0 atom stereocenters. The van der Waals surface area contributed by atoms with Gasteiger partial charge in [-0.25, -0.2) is 0 Å². The van der Waals surface area contributed by atoms with E-state index in [1.54, 1.807) is 0 Å². The van der Waals surface area contributed by atoms with Gasteiger partial charge in [0, 0.05) is 30.2 Å². The highest BCUT2D eigenvalue weighted by atomic mass is 16.7. The Morgan fingerprint density at radius 1 is 1.25 bits per heavy atom. The lowest BCUT2D eigenvalue weighted by Gasteiger charge is -2.08. The molecule has 1 N–H and O–H groups in total. The van der Waals surface area contributed by atoms with Crippen molar-refractivity contribution in [3.63, 3.8) is 0 Å². The molecule has 20 heavy (non-hydrogen) atoms. The van der Waals surface area contributed by atoms with Gasteiger partial charge in [-0.05, 0) is 31.5 Å². The van der Waals surface area contributed by atoms with E-state index in [0.717, 1.165) is 24.5 Å². The number of aryl methyl sites for hydroxylation is 1. The Morgan fingerprint density at radius 3 is 2.65 bits per heavy atom. The summed E-state index contributed by atoms with van der Waals surface area (Å²) in [7, 11) is 2.11. The summed E-state index contributed by atoms with van der Waals surface area (Å²) in [5.74, 6) is 1.71. The maximum Gasteiger partial charge on any atom is 0.231 e. The fraction of sp³-hybridized carbons (Fsp3) is 0.500. The minimum atomic E-state index is 0.328. The van der Waals surface area contributed by atoms with Crippen LogP contribution in [0.25, 0.3) is 10.9 Å². The van der Waals surface area contributed by atoms with Crippen molar-refractivity contribution in [1.82, 2.24) is 9.88 Å². The molecular weight excluding hydrogens is 252 g/mol. The monoisotopic (exact) mass is 274 g/mol. The van der Waals surface area contributed by atoms with E-state index in [0.29, 0.717) is 12.8 Å². The SMILES string of the molecule is Cc1c(CCNC(C)C)c2cc3c(cc2n1C)OCO3. The van der Waals surface area contributed by atoms with Gasteiger partial charge in [-0.1, -0.05) is 13.8 Å². The number of nitrogens with zero attached hydrogens (tertiary/aromatic N) is 1. The van der Waals surface area contributed by atoms with Crippen LogP contribution in [0.5, 0.6) is 11.5 Å². The Hall–Kier alpha value is -1.68. The maximum absolute atomic E-state index is 5.51. The highest BCUT2D eigenvalue weighted by Gasteiger charge is 2.19. The molecule has 108 valence electrons. The van der Waals surface area contributed by atoms with Gasteiger partial charge in [-0.2, -0.15) is 0 Å². The fourth-order valence-electron chi connectivity index (χ4n) is 2.83. The molecule has 4 nitrogen and oxygen atoms in total. The minimum Gasteiger partial charge on any atom is -0.454 e. The number of hydrogen-bond acceptors (Lipinski definition) is 3. The van der Waals surface area contributed by atoms with E-state index in [2.05, 4.69) is 49.8 Å². The van der Waals surface area contributed by atoms with Crippen molar-refractivity contribution in [1.29, 1.82) is 0 Å². The summed E-state index contributed by atoms with van der Waals surface area (Å²) in [6.45, 7) is 7.85. The van der Waals surface area contributed by atoms with Crippen molar-refractivity contribution in [2.45, 2.75) is 33.2 Å². The van der Waals surface area contributed by atoms with Gasteiger partial charge in [0.25, 0.3) is 0 Å². The summed E-state index contributed by atoms with van der Waals surface area (Å²) in [5.41, 5.74) is 3.93. The van der Waals surface area contributed by atoms with E-state index in [-0.39, 0.29) is 0 Å². The largest absolute Gasteiger partial charge is 0.454 e. The summed E-state index contributed by atoms with van der Waals surface area (Å²) < 4.78 is 13.2. The van der Waals surface area contributed by atoms with E-state index in [9.17, 15) is 0 Å². The molecule has 4 heteroatoms. The van der Waals surface area contributed by atoms with Crippen molar-refractivity contribution in [3.05, 3.63) is 23.4 Å². The Morgan fingerprint density at radius 2 is 1.95 bits per heavy atom. The zero-order chi connectivity index (χ0) is 14.3. The number of fused-ring (bicyclic) bond motifs is 2. The van der Waals surface area contributed by atoms with Crippen LogP contribution in [0.4, 0.5) is 0 Å². The highest BCUT2D eigenvalue weighted by molar-refractivity contribution is 5.89. The number of hydrogen-bond donors (Lipinski definition) is 1. The van der Waals surface area contributed by atoms with Gasteiger partial charge < -0.3 is 19.4 Å². The lowest BCUT2D eigenvalue weighted by atomic mass is 10.1. The summed E-state index contributed by atoms with van der Waals surface area (Å²) in [5, 5.41) is 4.76. The van der Waals surface area contributed by atoms with Crippen LogP contribution in [0.3, 0.4) is 0 Å². The summed E-state index contributed by atoms with van der Waals surface area (Å²) >= 11 is 0. The number of aromatic nitrogens is 1. The first-order valence-corrected chi connectivity index (χ1v) is 7.19. The average molecular weight is 274 g/mol. The predicted octanol–water partition coefficient (Wildman–Crippen LogP) is 2.76. The Kier molecular flexibility index (Phi) is 3.34. The average Bonchev–Trinajstić information content (AvgIpc) is 2.95. The molecular formula is C16H22N2O2. The molecule has 0 aliphatic carbocycles. The lowest BCUT2D eigenvalue weighted by molar-refractivity contribution is 0.174. The van der Waals surface area contributed by atoms with Crippen LogP contribution in [0, 0.1) is 6.92 Å². The minimum absolute atomic E-state index is 0.328. The molecule has 1 aromatic carbocycles. The van der Waals surface area contributed by atoms with Crippen LogP contribution in [-0.4, -0.2) is 23.9 Å². The van der Waals surface area contributed by atoms with E-state index in [1.807, 2.05) is 0 Å². The molecule has 0 radical (unpaired) electrons. The second kappa shape index (κ2) is 5.02. The number of rotatable bonds is 4. The highest BCUT2D eigenvalue weighted by Crippen LogP contribution is 2.38. The van der Waals surface area contributed by atoms with Crippen LogP contribution in [0.2, 0.25) is 0 Å². The third-order valence-corrected chi connectivity index (χ3v) is 4.04. The molecule has 1 aromatic heterocycles. The van der Waals surface area contributed by atoms with Crippen molar-refractivity contribution in [2.75, 3.05) is 13.3 Å². The molecule has 1 aliphatic rings. The molecule has 2 aromatic rings. The van der Waals surface area contributed by atoms with Gasteiger partial charge >= 0.3 is 0 Å².